The molecule has 0 atom stereocenters. The molecule has 0 radical (unpaired) electrons. The Bertz CT molecular complexity index is 1150. The van der Waals surface area contributed by atoms with E-state index in [0.717, 1.165) is 24.4 Å². The number of carbonyl (C=O) groups excluding carboxylic acids is 1. The lowest BCUT2D eigenvalue weighted by Gasteiger charge is -2.27. The quantitative estimate of drug-likeness (QED) is 0.522. The number of thiazole rings is 2. The molecule has 3 heterocycles. The van der Waals surface area contributed by atoms with Crippen LogP contribution in [0.4, 0.5) is 13.2 Å². The number of aryl methyl sites for hydroxylation is 1. The number of rotatable bonds is 6. The Hall–Kier alpha value is -2.54. The molecule has 0 aliphatic carbocycles. The summed E-state index contributed by atoms with van der Waals surface area (Å²) < 4.78 is 47.0. The summed E-state index contributed by atoms with van der Waals surface area (Å²) in [6.07, 6.45) is 0. The molecule has 7 nitrogen and oxygen atoms in total. The molecule has 4 rings (SSSR count). The number of aromatic nitrogens is 2. The number of benzene rings is 1. The number of halogens is 3. The SMILES string of the molecule is Cc1nc(COCC(=O)N2CCNCC2)sc1-c1csc(-c2cc(F)c(O)c(F)c2F)n1. The summed E-state index contributed by atoms with van der Waals surface area (Å²) >= 11 is 2.33. The van der Waals surface area contributed by atoms with Crippen LogP contribution in [0.1, 0.15) is 10.7 Å². The molecule has 1 fully saturated rings. The topological polar surface area (TPSA) is 87.6 Å². The van der Waals surface area contributed by atoms with Crippen molar-refractivity contribution in [3.8, 4) is 26.9 Å². The molecule has 3 aromatic rings. The van der Waals surface area contributed by atoms with Crippen molar-refractivity contribution in [3.05, 3.63) is 39.6 Å². The highest BCUT2D eigenvalue weighted by atomic mass is 32.1. The fourth-order valence-corrected chi connectivity index (χ4v) is 5.08. The number of phenols is 1. The third-order valence-electron chi connectivity index (χ3n) is 4.86. The van der Waals surface area contributed by atoms with Crippen molar-refractivity contribution in [1.82, 2.24) is 20.2 Å². The van der Waals surface area contributed by atoms with Crippen LogP contribution in [-0.4, -0.2) is 58.7 Å². The summed E-state index contributed by atoms with van der Waals surface area (Å²) in [6.45, 7) is 4.75. The minimum atomic E-state index is -1.65. The second-order valence-corrected chi connectivity index (χ2v) is 9.01. The number of aromatic hydroxyl groups is 1. The number of phenolic OH excluding ortho intramolecular Hbond substituents is 1. The highest BCUT2D eigenvalue weighted by molar-refractivity contribution is 7.16. The summed E-state index contributed by atoms with van der Waals surface area (Å²) in [7, 11) is 0. The minimum absolute atomic E-state index is 0.0356. The van der Waals surface area contributed by atoms with Crippen molar-refractivity contribution in [1.29, 1.82) is 0 Å². The van der Waals surface area contributed by atoms with E-state index in [2.05, 4.69) is 15.3 Å². The van der Waals surface area contributed by atoms with Gasteiger partial charge in [-0.05, 0) is 13.0 Å². The minimum Gasteiger partial charge on any atom is -0.503 e. The first-order valence-electron chi connectivity index (χ1n) is 9.70. The predicted octanol–water partition coefficient (Wildman–Crippen LogP) is 3.31. The number of hydrogen-bond acceptors (Lipinski definition) is 8. The summed E-state index contributed by atoms with van der Waals surface area (Å²) in [6, 6.07) is 0.713. The standard InChI is InChI=1S/C20H19F3N4O3S2/c1-10-19(32-14(25-10)7-30-8-15(28)27-4-2-24-3-5-27)13-9-31-20(26-13)11-6-12(21)18(29)17(23)16(11)22/h6,9,24,29H,2-5,7-8H2,1H3. The number of nitrogens with one attached hydrogen (secondary N) is 1. The normalized spacial score (nSPS) is 14.2. The van der Waals surface area contributed by atoms with Crippen LogP contribution in [0.5, 0.6) is 5.75 Å². The van der Waals surface area contributed by atoms with Gasteiger partial charge in [0, 0.05) is 31.6 Å². The van der Waals surface area contributed by atoms with Gasteiger partial charge in [-0.2, -0.15) is 4.39 Å². The largest absolute Gasteiger partial charge is 0.503 e. The van der Waals surface area contributed by atoms with E-state index in [-0.39, 0.29) is 29.7 Å². The predicted molar refractivity (Wildman–Crippen MR) is 114 cm³/mol. The number of ether oxygens (including phenoxy) is 1. The monoisotopic (exact) mass is 484 g/mol. The van der Waals surface area contributed by atoms with E-state index in [9.17, 15) is 23.1 Å². The summed E-state index contributed by atoms with van der Waals surface area (Å²) in [5.41, 5.74) is 0.782. The molecule has 170 valence electrons. The molecular weight excluding hydrogens is 465 g/mol. The molecule has 2 N–H and O–H groups in total. The smallest absolute Gasteiger partial charge is 0.248 e. The van der Waals surface area contributed by atoms with Gasteiger partial charge in [-0.15, -0.1) is 22.7 Å². The molecule has 0 bridgehead atoms. The molecule has 2 aromatic heterocycles. The summed E-state index contributed by atoms with van der Waals surface area (Å²) in [5.74, 6) is -5.71. The Morgan fingerprint density at radius 3 is 2.75 bits per heavy atom. The van der Waals surface area contributed by atoms with E-state index in [1.807, 2.05) is 0 Å². The maximum Gasteiger partial charge on any atom is 0.248 e. The van der Waals surface area contributed by atoms with Crippen molar-refractivity contribution in [2.24, 2.45) is 0 Å². The van der Waals surface area contributed by atoms with Gasteiger partial charge in [0.05, 0.1) is 28.4 Å². The van der Waals surface area contributed by atoms with Crippen molar-refractivity contribution in [3.63, 3.8) is 0 Å². The molecule has 0 unspecified atom stereocenters. The average Bonchev–Trinajstić information content (AvgIpc) is 3.42. The maximum absolute atomic E-state index is 14.2. The first-order valence-corrected chi connectivity index (χ1v) is 11.4. The van der Waals surface area contributed by atoms with E-state index >= 15 is 0 Å². The molecule has 0 spiro atoms. The average molecular weight is 485 g/mol. The molecular formula is C20H19F3N4O3S2. The van der Waals surface area contributed by atoms with Crippen LogP contribution >= 0.6 is 22.7 Å². The van der Waals surface area contributed by atoms with E-state index in [4.69, 9.17) is 4.74 Å². The molecule has 32 heavy (non-hydrogen) atoms. The van der Waals surface area contributed by atoms with Crippen molar-refractivity contribution in [2.75, 3.05) is 32.8 Å². The zero-order valence-electron chi connectivity index (χ0n) is 17.0. The third kappa shape index (κ3) is 4.63. The lowest BCUT2D eigenvalue weighted by molar-refractivity contribution is -0.137. The van der Waals surface area contributed by atoms with Crippen LogP contribution in [0, 0.1) is 24.4 Å². The van der Waals surface area contributed by atoms with Gasteiger partial charge >= 0.3 is 0 Å². The Labute approximate surface area is 189 Å². The van der Waals surface area contributed by atoms with E-state index < -0.39 is 23.2 Å². The van der Waals surface area contributed by atoms with Crippen LogP contribution in [0.15, 0.2) is 11.4 Å². The fraction of sp³-hybridized carbons (Fsp3) is 0.350. The van der Waals surface area contributed by atoms with Crippen LogP contribution in [0.2, 0.25) is 0 Å². The summed E-state index contributed by atoms with van der Waals surface area (Å²) in [5, 5.41) is 14.7. The van der Waals surface area contributed by atoms with Crippen molar-refractivity contribution < 1.29 is 27.8 Å². The van der Waals surface area contributed by atoms with Crippen LogP contribution in [-0.2, 0) is 16.1 Å². The molecule has 12 heteroatoms. The number of carbonyl (C=O) groups is 1. The Morgan fingerprint density at radius 2 is 2.00 bits per heavy atom. The van der Waals surface area contributed by atoms with Gasteiger partial charge in [-0.3, -0.25) is 4.79 Å². The molecule has 0 saturated carbocycles. The van der Waals surface area contributed by atoms with Gasteiger partial charge in [-0.25, -0.2) is 18.7 Å². The molecule has 1 amide bonds. The van der Waals surface area contributed by atoms with Gasteiger partial charge in [0.2, 0.25) is 11.7 Å². The van der Waals surface area contributed by atoms with Gasteiger partial charge in [0.25, 0.3) is 0 Å². The van der Waals surface area contributed by atoms with Gasteiger partial charge in [0.15, 0.2) is 17.4 Å². The Morgan fingerprint density at radius 1 is 1.25 bits per heavy atom. The van der Waals surface area contributed by atoms with Crippen LogP contribution in [0.25, 0.3) is 21.1 Å². The molecule has 1 saturated heterocycles. The van der Waals surface area contributed by atoms with Gasteiger partial charge in [0.1, 0.15) is 16.6 Å². The van der Waals surface area contributed by atoms with Gasteiger partial charge < -0.3 is 20.1 Å². The van der Waals surface area contributed by atoms with E-state index in [1.165, 1.54) is 11.3 Å². The second kappa shape index (κ2) is 9.53. The molecule has 1 aliphatic rings. The number of nitrogens with zero attached hydrogens (tertiary/aromatic N) is 3. The van der Waals surface area contributed by atoms with E-state index in [1.54, 1.807) is 17.2 Å². The van der Waals surface area contributed by atoms with Crippen LogP contribution in [0.3, 0.4) is 0 Å². The molecule has 1 aromatic carbocycles. The lowest BCUT2D eigenvalue weighted by Crippen LogP contribution is -2.47. The summed E-state index contributed by atoms with van der Waals surface area (Å²) in [4.78, 5) is 23.3. The number of hydrogen-bond donors (Lipinski definition) is 2. The van der Waals surface area contributed by atoms with Crippen molar-refractivity contribution in [2.45, 2.75) is 13.5 Å². The zero-order valence-corrected chi connectivity index (χ0v) is 18.6. The highest BCUT2D eigenvalue weighted by Gasteiger charge is 2.22. The fourth-order valence-electron chi connectivity index (χ4n) is 3.23. The van der Waals surface area contributed by atoms with Crippen molar-refractivity contribution >= 4 is 28.6 Å². The lowest BCUT2D eigenvalue weighted by atomic mass is 10.2. The van der Waals surface area contributed by atoms with E-state index in [0.29, 0.717) is 40.4 Å². The van der Waals surface area contributed by atoms with Crippen LogP contribution < -0.4 is 5.32 Å². The second-order valence-electron chi connectivity index (χ2n) is 7.07. The number of amides is 1. The Kier molecular flexibility index (Phi) is 6.74. The first-order chi connectivity index (χ1) is 15.3. The maximum atomic E-state index is 14.2. The molecule has 1 aliphatic heterocycles. The Balaban J connectivity index is 1.45. The zero-order chi connectivity index (χ0) is 22.8. The van der Waals surface area contributed by atoms with Gasteiger partial charge in [-0.1, -0.05) is 0 Å². The highest BCUT2D eigenvalue weighted by Crippen LogP contribution is 2.37. The first kappa shape index (κ1) is 22.6. The third-order valence-corrected chi connectivity index (χ3v) is 6.89. The number of piperazine rings is 1.